The summed E-state index contributed by atoms with van der Waals surface area (Å²) >= 11 is 0. The topological polar surface area (TPSA) is 105 Å². The molecule has 8 nitrogen and oxygen atoms in total. The van der Waals surface area contributed by atoms with Crippen molar-refractivity contribution in [2.45, 2.75) is 56.7 Å². The molecule has 2 N–H and O–H groups in total. The molecule has 3 atom stereocenters. The summed E-state index contributed by atoms with van der Waals surface area (Å²) in [5.74, 6) is -1.25. The predicted octanol–water partition coefficient (Wildman–Crippen LogP) is 3.78. The lowest BCUT2D eigenvalue weighted by atomic mass is 9.98. The zero-order chi connectivity index (χ0) is 24.9. The van der Waals surface area contributed by atoms with Crippen LogP contribution >= 0.6 is 0 Å². The van der Waals surface area contributed by atoms with Crippen molar-refractivity contribution in [3.63, 3.8) is 0 Å². The summed E-state index contributed by atoms with van der Waals surface area (Å²) in [6.45, 7) is 2.39. The first kappa shape index (κ1) is 24.7. The first-order valence-corrected chi connectivity index (χ1v) is 12.1. The van der Waals surface area contributed by atoms with E-state index < -0.39 is 24.2 Å². The lowest BCUT2D eigenvalue weighted by Crippen LogP contribution is -2.55. The monoisotopic (exact) mass is 480 g/mol. The maximum absolute atomic E-state index is 13.4. The molecule has 0 spiro atoms. The van der Waals surface area contributed by atoms with Crippen molar-refractivity contribution in [1.29, 1.82) is 0 Å². The third kappa shape index (κ3) is 5.32. The molecule has 1 fully saturated rings. The highest BCUT2D eigenvalue weighted by atomic mass is 16.5. The second kappa shape index (κ2) is 10.9. The molecule has 1 heterocycles. The van der Waals surface area contributed by atoms with Gasteiger partial charge in [-0.05, 0) is 48.4 Å². The van der Waals surface area contributed by atoms with Gasteiger partial charge in [0.15, 0.2) is 0 Å². The number of aliphatic carboxylic acids is 1. The number of rotatable bonds is 9. The van der Waals surface area contributed by atoms with Crippen molar-refractivity contribution in [1.82, 2.24) is 10.2 Å². The van der Waals surface area contributed by atoms with Gasteiger partial charge < -0.3 is 24.8 Å². The summed E-state index contributed by atoms with van der Waals surface area (Å²) in [7, 11) is 1.48. The fraction of sp³-hybridized carbons (Fsp3) is 0.444. The minimum atomic E-state index is -0.930. The van der Waals surface area contributed by atoms with Gasteiger partial charge in [-0.25, -0.2) is 4.79 Å². The molecule has 2 aliphatic rings. The quantitative estimate of drug-likeness (QED) is 0.566. The second-order valence-corrected chi connectivity index (χ2v) is 9.15. The Morgan fingerprint density at radius 1 is 1.09 bits per heavy atom. The van der Waals surface area contributed by atoms with E-state index in [1.165, 1.54) is 7.11 Å². The van der Waals surface area contributed by atoms with E-state index in [-0.39, 0.29) is 30.9 Å². The van der Waals surface area contributed by atoms with Crippen LogP contribution in [0.15, 0.2) is 48.5 Å². The number of ether oxygens (including phenoxy) is 2. The van der Waals surface area contributed by atoms with Crippen molar-refractivity contribution in [3.05, 3.63) is 59.7 Å². The zero-order valence-corrected chi connectivity index (χ0v) is 20.1. The Morgan fingerprint density at radius 2 is 1.71 bits per heavy atom. The molecular weight excluding hydrogens is 448 g/mol. The van der Waals surface area contributed by atoms with Crippen molar-refractivity contribution in [2.75, 3.05) is 20.3 Å². The number of carboxylic acid groups (broad SMARTS) is 1. The SMILES string of the molecule is COC(C)C(NC(=O)OCC1c2ccccc2-c2ccccc21)C(=O)N1CCCC1CCC(=O)O. The number of nitrogens with one attached hydrogen (secondary N) is 1. The molecule has 0 saturated carbocycles. The molecule has 186 valence electrons. The number of fused-ring (bicyclic) bond motifs is 3. The molecule has 0 aromatic heterocycles. The molecule has 4 rings (SSSR count). The van der Waals surface area contributed by atoms with Crippen molar-refractivity contribution in [3.8, 4) is 11.1 Å². The van der Waals surface area contributed by atoms with Gasteiger partial charge in [-0.2, -0.15) is 0 Å². The smallest absolute Gasteiger partial charge is 0.407 e. The number of benzene rings is 2. The van der Waals surface area contributed by atoms with Crippen LogP contribution in [-0.2, 0) is 19.1 Å². The van der Waals surface area contributed by atoms with Gasteiger partial charge >= 0.3 is 12.1 Å². The van der Waals surface area contributed by atoms with Crippen LogP contribution in [-0.4, -0.2) is 66.4 Å². The summed E-state index contributed by atoms with van der Waals surface area (Å²) in [6.07, 6.45) is 0.672. The van der Waals surface area contributed by atoms with Crippen LogP contribution < -0.4 is 5.32 Å². The Bertz CT molecular complexity index is 1040. The molecule has 1 saturated heterocycles. The third-order valence-electron chi connectivity index (χ3n) is 7.08. The Labute approximate surface area is 205 Å². The first-order valence-electron chi connectivity index (χ1n) is 12.1. The Hall–Kier alpha value is -3.39. The van der Waals surface area contributed by atoms with E-state index in [2.05, 4.69) is 17.4 Å². The fourth-order valence-electron chi connectivity index (χ4n) is 5.18. The first-order chi connectivity index (χ1) is 16.9. The Morgan fingerprint density at radius 3 is 2.31 bits per heavy atom. The molecular formula is C27H32N2O6. The molecule has 2 amide bonds. The molecule has 3 unspecified atom stereocenters. The minimum Gasteiger partial charge on any atom is -0.481 e. The molecule has 1 aliphatic heterocycles. The highest BCUT2D eigenvalue weighted by Gasteiger charge is 2.37. The van der Waals surface area contributed by atoms with Gasteiger partial charge in [-0.3, -0.25) is 9.59 Å². The average Bonchev–Trinajstić information content (AvgIpc) is 3.46. The van der Waals surface area contributed by atoms with Gasteiger partial charge in [0, 0.05) is 32.0 Å². The van der Waals surface area contributed by atoms with Crippen molar-refractivity contribution >= 4 is 18.0 Å². The highest BCUT2D eigenvalue weighted by Crippen LogP contribution is 2.44. The largest absolute Gasteiger partial charge is 0.481 e. The van der Waals surface area contributed by atoms with Crippen LogP contribution in [0, 0.1) is 0 Å². The zero-order valence-electron chi connectivity index (χ0n) is 20.1. The number of carbonyl (C=O) groups excluding carboxylic acids is 2. The number of amides is 2. The standard InChI is InChI=1S/C27H32N2O6/c1-17(34-2)25(26(32)29-15-7-8-18(29)13-14-24(30)31)28-27(33)35-16-23-21-11-5-3-9-19(21)20-10-4-6-12-22(20)23/h3-6,9-12,17-18,23,25H,7-8,13-16H2,1-2H3,(H,28,33)(H,30,31). The van der Waals surface area contributed by atoms with Crippen LogP contribution in [0.4, 0.5) is 4.79 Å². The molecule has 1 aliphatic carbocycles. The van der Waals surface area contributed by atoms with Gasteiger partial charge in [0.05, 0.1) is 6.10 Å². The fourth-order valence-corrected chi connectivity index (χ4v) is 5.18. The summed E-state index contributed by atoms with van der Waals surface area (Å²) < 4.78 is 11.0. The van der Waals surface area contributed by atoms with Crippen LogP contribution in [0.3, 0.4) is 0 Å². The maximum Gasteiger partial charge on any atom is 0.407 e. The van der Waals surface area contributed by atoms with Gasteiger partial charge in [-0.1, -0.05) is 48.5 Å². The van der Waals surface area contributed by atoms with E-state index in [0.29, 0.717) is 13.0 Å². The van der Waals surface area contributed by atoms with Gasteiger partial charge in [0.25, 0.3) is 0 Å². The Kier molecular flexibility index (Phi) is 7.70. The molecule has 35 heavy (non-hydrogen) atoms. The van der Waals surface area contributed by atoms with E-state index in [4.69, 9.17) is 14.6 Å². The van der Waals surface area contributed by atoms with Crippen LogP contribution in [0.1, 0.15) is 49.7 Å². The van der Waals surface area contributed by atoms with E-state index in [1.54, 1.807) is 11.8 Å². The van der Waals surface area contributed by atoms with Crippen LogP contribution in [0.25, 0.3) is 11.1 Å². The van der Waals surface area contributed by atoms with E-state index >= 15 is 0 Å². The van der Waals surface area contributed by atoms with E-state index in [0.717, 1.165) is 35.1 Å². The van der Waals surface area contributed by atoms with Crippen LogP contribution in [0.5, 0.6) is 0 Å². The summed E-state index contributed by atoms with van der Waals surface area (Å²) in [6, 6.07) is 15.1. The number of carbonyl (C=O) groups is 3. The van der Waals surface area contributed by atoms with E-state index in [1.807, 2.05) is 36.4 Å². The van der Waals surface area contributed by atoms with E-state index in [9.17, 15) is 14.4 Å². The number of carboxylic acids is 1. The molecule has 0 radical (unpaired) electrons. The third-order valence-corrected chi connectivity index (χ3v) is 7.08. The summed E-state index contributed by atoms with van der Waals surface area (Å²) in [4.78, 5) is 38.9. The molecule has 2 aromatic rings. The maximum atomic E-state index is 13.4. The highest BCUT2D eigenvalue weighted by molar-refractivity contribution is 5.87. The number of methoxy groups -OCH3 is 1. The van der Waals surface area contributed by atoms with Gasteiger partial charge in [0.1, 0.15) is 12.6 Å². The van der Waals surface area contributed by atoms with Crippen LogP contribution in [0.2, 0.25) is 0 Å². The number of hydrogen-bond donors (Lipinski definition) is 2. The van der Waals surface area contributed by atoms with Crippen molar-refractivity contribution < 1.29 is 29.0 Å². The summed E-state index contributed by atoms with van der Waals surface area (Å²) in [5.41, 5.74) is 4.50. The summed E-state index contributed by atoms with van der Waals surface area (Å²) in [5, 5.41) is 11.7. The Balaban J connectivity index is 1.42. The number of alkyl carbamates (subject to hydrolysis) is 1. The number of likely N-dealkylation sites (tertiary alicyclic amines) is 1. The second-order valence-electron chi connectivity index (χ2n) is 9.15. The average molecular weight is 481 g/mol. The lowest BCUT2D eigenvalue weighted by molar-refractivity contribution is -0.140. The lowest BCUT2D eigenvalue weighted by Gasteiger charge is -2.31. The molecule has 0 bridgehead atoms. The van der Waals surface area contributed by atoms with Crippen molar-refractivity contribution in [2.24, 2.45) is 0 Å². The van der Waals surface area contributed by atoms with Gasteiger partial charge in [0.2, 0.25) is 5.91 Å². The molecule has 8 heteroatoms. The number of nitrogens with zero attached hydrogens (tertiary/aromatic N) is 1. The predicted molar refractivity (Wildman–Crippen MR) is 130 cm³/mol. The number of hydrogen-bond acceptors (Lipinski definition) is 5. The normalized spacial score (nSPS) is 18.5. The molecule has 2 aromatic carbocycles. The van der Waals surface area contributed by atoms with Gasteiger partial charge in [-0.15, -0.1) is 0 Å². The minimum absolute atomic E-state index is 0.00124.